The molecule has 106 valence electrons. The van der Waals surface area contributed by atoms with Gasteiger partial charge >= 0.3 is 0 Å². The number of benzene rings is 2. The molecule has 5 heteroatoms. The highest BCUT2D eigenvalue weighted by Gasteiger charge is 2.11. The number of nitrogen functional groups attached to an aromatic ring is 1. The highest BCUT2D eigenvalue weighted by atomic mass is 19.1. The van der Waals surface area contributed by atoms with Crippen LogP contribution in [0.2, 0.25) is 0 Å². The SMILES string of the molecule is Cc1cc(F)cc(NC(=O)c2cc3cccc(N)c3[nH]2)c1. The zero-order chi connectivity index (χ0) is 15.0. The minimum Gasteiger partial charge on any atom is -0.397 e. The van der Waals surface area contributed by atoms with Crippen LogP contribution in [0.25, 0.3) is 10.9 Å². The fourth-order valence-corrected chi connectivity index (χ4v) is 2.31. The van der Waals surface area contributed by atoms with Gasteiger partial charge in [-0.15, -0.1) is 0 Å². The molecule has 1 heterocycles. The van der Waals surface area contributed by atoms with Gasteiger partial charge in [0.15, 0.2) is 0 Å². The monoisotopic (exact) mass is 283 g/mol. The van der Waals surface area contributed by atoms with Gasteiger partial charge in [0.2, 0.25) is 0 Å². The lowest BCUT2D eigenvalue weighted by atomic mass is 10.2. The summed E-state index contributed by atoms with van der Waals surface area (Å²) in [6.07, 6.45) is 0. The molecule has 0 saturated carbocycles. The second-order valence-corrected chi connectivity index (χ2v) is 4.97. The smallest absolute Gasteiger partial charge is 0.272 e. The van der Waals surface area contributed by atoms with Crippen LogP contribution < -0.4 is 11.1 Å². The average Bonchev–Trinajstić information content (AvgIpc) is 2.83. The van der Waals surface area contributed by atoms with Crippen molar-refractivity contribution in [3.05, 3.63) is 59.5 Å². The summed E-state index contributed by atoms with van der Waals surface area (Å²) in [5.74, 6) is -0.721. The maximum absolute atomic E-state index is 13.3. The summed E-state index contributed by atoms with van der Waals surface area (Å²) in [5, 5.41) is 3.53. The number of halogens is 1. The Morgan fingerprint density at radius 3 is 2.76 bits per heavy atom. The normalized spacial score (nSPS) is 10.8. The van der Waals surface area contributed by atoms with Crippen LogP contribution in [0.3, 0.4) is 0 Å². The van der Waals surface area contributed by atoms with Crippen LogP contribution in [0.1, 0.15) is 16.1 Å². The number of amides is 1. The predicted molar refractivity (Wildman–Crippen MR) is 81.8 cm³/mol. The van der Waals surface area contributed by atoms with E-state index in [4.69, 9.17) is 5.73 Å². The molecule has 3 rings (SSSR count). The van der Waals surface area contributed by atoms with Crippen LogP contribution >= 0.6 is 0 Å². The van der Waals surface area contributed by atoms with Crippen molar-refractivity contribution >= 4 is 28.2 Å². The summed E-state index contributed by atoms with van der Waals surface area (Å²) < 4.78 is 13.3. The lowest BCUT2D eigenvalue weighted by Gasteiger charge is -2.05. The molecule has 0 saturated heterocycles. The average molecular weight is 283 g/mol. The molecule has 0 unspecified atom stereocenters. The fraction of sp³-hybridized carbons (Fsp3) is 0.0625. The number of carbonyl (C=O) groups is 1. The third-order valence-corrected chi connectivity index (χ3v) is 3.23. The van der Waals surface area contributed by atoms with Crippen LogP contribution in [-0.4, -0.2) is 10.9 Å². The topological polar surface area (TPSA) is 70.9 Å². The second kappa shape index (κ2) is 4.94. The van der Waals surface area contributed by atoms with E-state index < -0.39 is 0 Å². The largest absolute Gasteiger partial charge is 0.397 e. The molecule has 0 bridgehead atoms. The van der Waals surface area contributed by atoms with Gasteiger partial charge in [-0.2, -0.15) is 0 Å². The number of rotatable bonds is 2. The highest BCUT2D eigenvalue weighted by Crippen LogP contribution is 2.22. The van der Waals surface area contributed by atoms with Crippen molar-refractivity contribution in [1.82, 2.24) is 4.98 Å². The number of aromatic nitrogens is 1. The minimum atomic E-state index is -0.383. The molecule has 0 radical (unpaired) electrons. The van der Waals surface area contributed by atoms with Crippen LogP contribution in [-0.2, 0) is 0 Å². The number of anilines is 2. The summed E-state index contributed by atoms with van der Waals surface area (Å²) >= 11 is 0. The maximum atomic E-state index is 13.3. The van der Waals surface area contributed by atoms with Crippen molar-refractivity contribution in [3.8, 4) is 0 Å². The number of nitrogens with two attached hydrogens (primary N) is 1. The quantitative estimate of drug-likeness (QED) is 0.630. The maximum Gasteiger partial charge on any atom is 0.272 e. The molecule has 3 aromatic rings. The van der Waals surface area contributed by atoms with E-state index in [1.807, 2.05) is 12.1 Å². The minimum absolute atomic E-state index is 0.337. The summed E-state index contributed by atoms with van der Waals surface area (Å²) in [6.45, 7) is 1.77. The molecule has 0 aliphatic rings. The van der Waals surface area contributed by atoms with Crippen molar-refractivity contribution in [2.24, 2.45) is 0 Å². The number of nitrogens with one attached hydrogen (secondary N) is 2. The molecular weight excluding hydrogens is 269 g/mol. The van der Waals surface area contributed by atoms with Gasteiger partial charge in [-0.05, 0) is 42.8 Å². The number of aromatic amines is 1. The van der Waals surface area contributed by atoms with Gasteiger partial charge in [-0.1, -0.05) is 12.1 Å². The number of para-hydroxylation sites is 1. The Labute approximate surface area is 120 Å². The Morgan fingerprint density at radius 1 is 1.24 bits per heavy atom. The molecule has 0 fully saturated rings. The standard InChI is InChI=1S/C16H14FN3O/c1-9-5-11(17)8-12(6-9)19-16(21)14-7-10-3-2-4-13(18)15(10)20-14/h2-8,20H,18H2,1H3,(H,19,21). The predicted octanol–water partition coefficient (Wildman–Crippen LogP) is 3.45. The Kier molecular flexibility index (Phi) is 3.10. The van der Waals surface area contributed by atoms with Gasteiger partial charge in [-0.25, -0.2) is 4.39 Å². The van der Waals surface area contributed by atoms with Crippen molar-refractivity contribution in [2.75, 3.05) is 11.1 Å². The van der Waals surface area contributed by atoms with E-state index >= 15 is 0 Å². The fourth-order valence-electron chi connectivity index (χ4n) is 2.31. The van der Waals surface area contributed by atoms with Gasteiger partial charge in [0.05, 0.1) is 11.2 Å². The third kappa shape index (κ3) is 2.58. The molecule has 0 atom stereocenters. The number of aryl methyl sites for hydroxylation is 1. The number of hydrogen-bond donors (Lipinski definition) is 3. The highest BCUT2D eigenvalue weighted by molar-refractivity contribution is 6.07. The molecule has 1 amide bonds. The Bertz CT molecular complexity index is 818. The molecule has 21 heavy (non-hydrogen) atoms. The summed E-state index contributed by atoms with van der Waals surface area (Å²) in [7, 11) is 0. The zero-order valence-corrected chi connectivity index (χ0v) is 11.4. The lowest BCUT2D eigenvalue weighted by molar-refractivity contribution is 0.102. The molecule has 1 aromatic heterocycles. The summed E-state index contributed by atoms with van der Waals surface area (Å²) in [5.41, 5.74) is 8.69. The molecule has 0 aliphatic carbocycles. The van der Waals surface area contributed by atoms with Crippen molar-refractivity contribution < 1.29 is 9.18 Å². The van der Waals surface area contributed by atoms with Gasteiger partial charge < -0.3 is 16.0 Å². The molecule has 0 aliphatic heterocycles. The first kappa shape index (κ1) is 13.2. The van der Waals surface area contributed by atoms with Crippen LogP contribution in [0.4, 0.5) is 15.8 Å². The zero-order valence-electron chi connectivity index (χ0n) is 11.4. The number of fused-ring (bicyclic) bond motifs is 1. The summed E-state index contributed by atoms with van der Waals surface area (Å²) in [6, 6.07) is 11.6. The van der Waals surface area contributed by atoms with Crippen LogP contribution in [0, 0.1) is 12.7 Å². The second-order valence-electron chi connectivity index (χ2n) is 4.97. The summed E-state index contributed by atoms with van der Waals surface area (Å²) in [4.78, 5) is 15.2. The lowest BCUT2D eigenvalue weighted by Crippen LogP contribution is -2.12. The van der Waals surface area contributed by atoms with Gasteiger partial charge in [0.25, 0.3) is 5.91 Å². The number of H-pyrrole nitrogens is 1. The van der Waals surface area contributed by atoms with E-state index in [0.29, 0.717) is 17.1 Å². The van der Waals surface area contributed by atoms with E-state index in [9.17, 15) is 9.18 Å². The van der Waals surface area contributed by atoms with E-state index in [1.54, 1.807) is 25.1 Å². The molecule has 4 nitrogen and oxygen atoms in total. The Morgan fingerprint density at radius 2 is 2.05 bits per heavy atom. The van der Waals surface area contributed by atoms with E-state index in [1.165, 1.54) is 12.1 Å². The molecule has 2 aromatic carbocycles. The van der Waals surface area contributed by atoms with E-state index in [2.05, 4.69) is 10.3 Å². The van der Waals surface area contributed by atoms with Crippen LogP contribution in [0.15, 0.2) is 42.5 Å². The first-order valence-electron chi connectivity index (χ1n) is 6.49. The Balaban J connectivity index is 1.91. The number of carbonyl (C=O) groups excluding carboxylic acids is 1. The van der Waals surface area contributed by atoms with E-state index in [-0.39, 0.29) is 11.7 Å². The first-order valence-corrected chi connectivity index (χ1v) is 6.49. The number of hydrogen-bond acceptors (Lipinski definition) is 2. The van der Waals surface area contributed by atoms with Gasteiger partial charge in [0, 0.05) is 11.1 Å². The molecule has 4 N–H and O–H groups in total. The third-order valence-electron chi connectivity index (χ3n) is 3.23. The van der Waals surface area contributed by atoms with Crippen LogP contribution in [0.5, 0.6) is 0 Å². The Hall–Kier alpha value is -2.82. The molecule has 0 spiro atoms. The van der Waals surface area contributed by atoms with E-state index in [0.717, 1.165) is 16.5 Å². The van der Waals surface area contributed by atoms with Gasteiger partial charge in [-0.3, -0.25) is 4.79 Å². The van der Waals surface area contributed by atoms with Crippen molar-refractivity contribution in [2.45, 2.75) is 6.92 Å². The van der Waals surface area contributed by atoms with Gasteiger partial charge in [0.1, 0.15) is 11.5 Å². The first-order chi connectivity index (χ1) is 10.0. The molecular formula is C16H14FN3O. The van der Waals surface area contributed by atoms with Crippen molar-refractivity contribution in [1.29, 1.82) is 0 Å². The van der Waals surface area contributed by atoms with Crippen molar-refractivity contribution in [3.63, 3.8) is 0 Å².